The maximum Gasteiger partial charge on any atom is 0.255 e. The molecule has 0 aliphatic carbocycles. The van der Waals surface area contributed by atoms with Gasteiger partial charge in [-0.1, -0.05) is 17.7 Å². The number of methoxy groups -OCH3 is 1. The molecule has 4 nitrogen and oxygen atoms in total. The highest BCUT2D eigenvalue weighted by atomic mass is 35.5. The van der Waals surface area contributed by atoms with Crippen LogP contribution in [-0.4, -0.2) is 42.6 Å². The van der Waals surface area contributed by atoms with Crippen LogP contribution in [0.2, 0.25) is 5.02 Å². The first-order valence-corrected chi connectivity index (χ1v) is 6.16. The number of nitrogens with zero attached hydrogens (tertiary/aromatic N) is 2. The van der Waals surface area contributed by atoms with Gasteiger partial charge in [0.2, 0.25) is 0 Å². The zero-order valence-electron chi connectivity index (χ0n) is 10.2. The molecular weight excluding hydrogens is 252 g/mol. The molecule has 2 heterocycles. The van der Waals surface area contributed by atoms with E-state index in [4.69, 9.17) is 16.3 Å². The normalized spacial score (nSPS) is 15.4. The molecule has 0 N–H and O–H groups in total. The van der Waals surface area contributed by atoms with E-state index in [9.17, 15) is 4.79 Å². The molecule has 18 heavy (non-hydrogen) atoms. The van der Waals surface area contributed by atoms with Gasteiger partial charge in [-0.05, 0) is 18.1 Å². The molecule has 0 unspecified atom stereocenters. The van der Waals surface area contributed by atoms with Crippen LogP contribution < -0.4 is 0 Å². The predicted octanol–water partition coefficient (Wildman–Crippen LogP) is 2.15. The van der Waals surface area contributed by atoms with E-state index >= 15 is 0 Å². The fourth-order valence-corrected chi connectivity index (χ4v) is 2.13. The first-order valence-electron chi connectivity index (χ1n) is 5.78. The van der Waals surface area contributed by atoms with E-state index in [1.807, 2.05) is 6.08 Å². The van der Waals surface area contributed by atoms with Crippen molar-refractivity contribution in [3.8, 4) is 0 Å². The number of hydrogen-bond acceptors (Lipinski definition) is 3. The summed E-state index contributed by atoms with van der Waals surface area (Å²) >= 11 is 5.97. The molecule has 1 aromatic heterocycles. The van der Waals surface area contributed by atoms with Gasteiger partial charge in [0.15, 0.2) is 0 Å². The summed E-state index contributed by atoms with van der Waals surface area (Å²) in [6.07, 6.45) is 5.96. The monoisotopic (exact) mass is 266 g/mol. The summed E-state index contributed by atoms with van der Waals surface area (Å²) in [7, 11) is 1.68. The van der Waals surface area contributed by atoms with E-state index in [2.05, 4.69) is 4.98 Å². The molecule has 96 valence electrons. The smallest absolute Gasteiger partial charge is 0.255 e. The fourth-order valence-electron chi connectivity index (χ4n) is 1.93. The molecule has 2 rings (SSSR count). The van der Waals surface area contributed by atoms with E-state index in [-0.39, 0.29) is 5.91 Å². The van der Waals surface area contributed by atoms with E-state index in [0.717, 1.165) is 6.42 Å². The number of amides is 1. The van der Waals surface area contributed by atoms with Gasteiger partial charge in [-0.3, -0.25) is 9.78 Å². The average molecular weight is 267 g/mol. The quantitative estimate of drug-likeness (QED) is 0.788. The number of hydrogen-bond donors (Lipinski definition) is 0. The van der Waals surface area contributed by atoms with Gasteiger partial charge in [0.25, 0.3) is 5.91 Å². The molecule has 1 aromatic rings. The van der Waals surface area contributed by atoms with Crippen LogP contribution in [0, 0.1) is 0 Å². The summed E-state index contributed by atoms with van der Waals surface area (Å²) in [4.78, 5) is 17.9. The fraction of sp³-hybridized carbons (Fsp3) is 0.385. The summed E-state index contributed by atoms with van der Waals surface area (Å²) in [5.74, 6) is -0.0462. The minimum absolute atomic E-state index is 0.0462. The lowest BCUT2D eigenvalue weighted by Gasteiger charge is -2.26. The standard InChI is InChI=1S/C13H15ClN2O2/c1-18-9-10-3-6-16(7-4-10)13(17)11-2-5-15-8-12(11)14/h2-3,5,8H,4,6-7,9H2,1H3. The van der Waals surface area contributed by atoms with Gasteiger partial charge in [0.05, 0.1) is 17.2 Å². The number of carbonyl (C=O) groups is 1. The van der Waals surface area contributed by atoms with Crippen LogP contribution in [0.15, 0.2) is 30.1 Å². The van der Waals surface area contributed by atoms with Gasteiger partial charge in [0, 0.05) is 32.6 Å². The van der Waals surface area contributed by atoms with Crippen molar-refractivity contribution in [3.63, 3.8) is 0 Å². The lowest BCUT2D eigenvalue weighted by molar-refractivity contribution is 0.0765. The summed E-state index contributed by atoms with van der Waals surface area (Å²) < 4.78 is 5.08. The summed E-state index contributed by atoms with van der Waals surface area (Å²) in [5.41, 5.74) is 1.75. The van der Waals surface area contributed by atoms with Gasteiger partial charge >= 0.3 is 0 Å². The molecule has 0 fully saturated rings. The molecule has 5 heteroatoms. The van der Waals surface area contributed by atoms with Gasteiger partial charge in [-0.15, -0.1) is 0 Å². The van der Waals surface area contributed by atoms with Gasteiger partial charge < -0.3 is 9.64 Å². The molecule has 1 amide bonds. The highest BCUT2D eigenvalue weighted by Gasteiger charge is 2.20. The molecule has 0 atom stereocenters. The van der Waals surface area contributed by atoms with E-state index in [1.54, 1.807) is 24.3 Å². The molecule has 0 aromatic carbocycles. The Balaban J connectivity index is 2.06. The summed E-state index contributed by atoms with van der Waals surface area (Å²) in [6.45, 7) is 1.95. The van der Waals surface area contributed by atoms with Crippen molar-refractivity contribution >= 4 is 17.5 Å². The average Bonchev–Trinajstić information content (AvgIpc) is 2.40. The number of rotatable bonds is 3. The molecule has 0 saturated carbocycles. The van der Waals surface area contributed by atoms with Crippen LogP contribution in [0.1, 0.15) is 16.8 Å². The van der Waals surface area contributed by atoms with Crippen molar-refractivity contribution in [1.29, 1.82) is 0 Å². The molecule has 0 radical (unpaired) electrons. The van der Waals surface area contributed by atoms with Crippen LogP contribution in [0.25, 0.3) is 0 Å². The Morgan fingerprint density at radius 3 is 3.06 bits per heavy atom. The van der Waals surface area contributed by atoms with Crippen LogP contribution >= 0.6 is 11.6 Å². The Morgan fingerprint density at radius 2 is 2.44 bits per heavy atom. The summed E-state index contributed by atoms with van der Waals surface area (Å²) in [6, 6.07) is 1.65. The van der Waals surface area contributed by atoms with E-state index in [1.165, 1.54) is 11.8 Å². The van der Waals surface area contributed by atoms with Gasteiger partial charge in [0.1, 0.15) is 0 Å². The second-order valence-electron chi connectivity index (χ2n) is 4.15. The third kappa shape index (κ3) is 2.89. The number of halogens is 1. The van der Waals surface area contributed by atoms with Crippen molar-refractivity contribution in [2.24, 2.45) is 0 Å². The molecule has 1 aliphatic rings. The van der Waals surface area contributed by atoms with Crippen molar-refractivity contribution in [3.05, 3.63) is 40.7 Å². The van der Waals surface area contributed by atoms with Crippen LogP contribution in [0.3, 0.4) is 0 Å². The predicted molar refractivity (Wildman–Crippen MR) is 69.7 cm³/mol. The van der Waals surface area contributed by atoms with Crippen molar-refractivity contribution in [2.75, 3.05) is 26.8 Å². The minimum atomic E-state index is -0.0462. The first kappa shape index (κ1) is 13.1. The van der Waals surface area contributed by atoms with Crippen molar-refractivity contribution in [1.82, 2.24) is 9.88 Å². The molecule has 0 spiro atoms. The SMILES string of the molecule is COCC1=CCN(C(=O)c2ccncc2Cl)CC1. The first-order chi connectivity index (χ1) is 8.72. The molecular formula is C13H15ClN2O2. The Morgan fingerprint density at radius 1 is 1.61 bits per heavy atom. The second-order valence-corrected chi connectivity index (χ2v) is 4.56. The van der Waals surface area contributed by atoms with Gasteiger partial charge in [-0.25, -0.2) is 0 Å². The number of ether oxygens (including phenoxy) is 1. The minimum Gasteiger partial charge on any atom is -0.380 e. The molecule has 0 bridgehead atoms. The Hall–Kier alpha value is -1.39. The lowest BCUT2D eigenvalue weighted by Crippen LogP contribution is -2.35. The second kappa shape index (κ2) is 5.98. The molecule has 0 saturated heterocycles. The highest BCUT2D eigenvalue weighted by Crippen LogP contribution is 2.18. The van der Waals surface area contributed by atoms with Crippen LogP contribution in [-0.2, 0) is 4.74 Å². The van der Waals surface area contributed by atoms with Crippen LogP contribution in [0.4, 0.5) is 0 Å². The zero-order valence-corrected chi connectivity index (χ0v) is 11.0. The third-order valence-electron chi connectivity index (χ3n) is 2.92. The Labute approximate surface area is 111 Å². The molecule has 1 aliphatic heterocycles. The maximum atomic E-state index is 12.2. The Kier molecular flexibility index (Phi) is 4.33. The summed E-state index contributed by atoms with van der Waals surface area (Å²) in [5, 5.41) is 0.397. The number of carbonyl (C=O) groups excluding carboxylic acids is 1. The topological polar surface area (TPSA) is 42.4 Å². The maximum absolute atomic E-state index is 12.2. The van der Waals surface area contributed by atoms with Gasteiger partial charge in [-0.2, -0.15) is 0 Å². The number of aromatic nitrogens is 1. The lowest BCUT2D eigenvalue weighted by atomic mass is 10.1. The Bertz CT molecular complexity index is 474. The highest BCUT2D eigenvalue weighted by molar-refractivity contribution is 6.33. The van der Waals surface area contributed by atoms with E-state index < -0.39 is 0 Å². The number of pyridine rings is 1. The third-order valence-corrected chi connectivity index (χ3v) is 3.22. The van der Waals surface area contributed by atoms with Crippen molar-refractivity contribution < 1.29 is 9.53 Å². The zero-order chi connectivity index (χ0) is 13.0. The van der Waals surface area contributed by atoms with E-state index in [0.29, 0.717) is 30.3 Å². The van der Waals surface area contributed by atoms with Crippen molar-refractivity contribution in [2.45, 2.75) is 6.42 Å². The van der Waals surface area contributed by atoms with Crippen LogP contribution in [0.5, 0.6) is 0 Å². The largest absolute Gasteiger partial charge is 0.380 e.